The molecule has 1 aliphatic heterocycles. The molecule has 0 saturated carbocycles. The number of likely N-dealkylation sites (N-methyl/N-ethyl adjacent to an activating group) is 1. The number of carbonyl (C=O) groups excluding carboxylic acids is 2. The van der Waals surface area contributed by atoms with Crippen LogP contribution in [0.15, 0.2) is 12.1 Å². The van der Waals surface area contributed by atoms with Crippen molar-refractivity contribution in [3.63, 3.8) is 0 Å². The van der Waals surface area contributed by atoms with Crippen LogP contribution < -0.4 is 5.32 Å². The van der Waals surface area contributed by atoms with Gasteiger partial charge in [0.05, 0.1) is 6.54 Å². The van der Waals surface area contributed by atoms with E-state index in [-0.39, 0.29) is 12.5 Å². The van der Waals surface area contributed by atoms with Crippen molar-refractivity contribution >= 4 is 23.3 Å². The van der Waals surface area contributed by atoms with Gasteiger partial charge < -0.3 is 10.1 Å². The number of rotatable bonds is 3. The van der Waals surface area contributed by atoms with E-state index >= 15 is 0 Å². The molecule has 1 N–H and O–H groups in total. The molecule has 1 aromatic heterocycles. The van der Waals surface area contributed by atoms with E-state index < -0.39 is 12.1 Å². The number of nitrogens with zero attached hydrogens (tertiary/aromatic N) is 1. The summed E-state index contributed by atoms with van der Waals surface area (Å²) in [5.74, 6) is -0.191. The summed E-state index contributed by atoms with van der Waals surface area (Å²) in [7, 11) is 1.55. The minimum absolute atomic E-state index is 0.128. The van der Waals surface area contributed by atoms with Crippen LogP contribution in [0.3, 0.4) is 0 Å². The molecule has 1 atom stereocenters. The summed E-state index contributed by atoms with van der Waals surface area (Å²) in [4.78, 5) is 26.8. The zero-order valence-electron chi connectivity index (χ0n) is 9.73. The standard InChI is InChI=1S/C11H14N2O3S/c1-7-3-4-8(17-7)5-13-9(10(14)12-2)6-16-11(13)15/h3-4,9H,5-6H2,1-2H3,(H,12,14)/t9-/m0/s1. The van der Waals surface area contributed by atoms with Crippen molar-refractivity contribution in [1.82, 2.24) is 10.2 Å². The van der Waals surface area contributed by atoms with Gasteiger partial charge in [-0.25, -0.2) is 4.79 Å². The number of carbonyl (C=O) groups is 2. The van der Waals surface area contributed by atoms with Gasteiger partial charge in [0.1, 0.15) is 12.6 Å². The second-order valence-electron chi connectivity index (χ2n) is 3.85. The van der Waals surface area contributed by atoms with Gasteiger partial charge in [-0.3, -0.25) is 9.69 Å². The molecule has 17 heavy (non-hydrogen) atoms. The minimum Gasteiger partial charge on any atom is -0.447 e. The molecule has 1 saturated heterocycles. The molecule has 2 heterocycles. The van der Waals surface area contributed by atoms with Crippen LogP contribution in [0.5, 0.6) is 0 Å². The molecule has 2 amide bonds. The quantitative estimate of drug-likeness (QED) is 0.879. The summed E-state index contributed by atoms with van der Waals surface area (Å²) in [6.45, 7) is 2.56. The van der Waals surface area contributed by atoms with Gasteiger partial charge >= 0.3 is 6.09 Å². The van der Waals surface area contributed by atoms with Crippen LogP contribution in [0.1, 0.15) is 9.75 Å². The van der Waals surface area contributed by atoms with Gasteiger partial charge in [-0.1, -0.05) is 0 Å². The summed E-state index contributed by atoms with van der Waals surface area (Å²) in [5.41, 5.74) is 0. The smallest absolute Gasteiger partial charge is 0.410 e. The van der Waals surface area contributed by atoms with Gasteiger partial charge in [0, 0.05) is 16.8 Å². The molecule has 0 aromatic carbocycles. The van der Waals surface area contributed by atoms with E-state index in [1.54, 1.807) is 18.4 Å². The van der Waals surface area contributed by atoms with E-state index in [4.69, 9.17) is 4.74 Å². The first-order chi connectivity index (χ1) is 8.11. The van der Waals surface area contributed by atoms with Crippen molar-refractivity contribution in [1.29, 1.82) is 0 Å². The number of aryl methyl sites for hydroxylation is 1. The lowest BCUT2D eigenvalue weighted by Gasteiger charge is -2.18. The Labute approximate surface area is 103 Å². The van der Waals surface area contributed by atoms with Crippen LogP contribution in [-0.4, -0.2) is 36.6 Å². The van der Waals surface area contributed by atoms with E-state index in [0.717, 1.165) is 4.88 Å². The molecular weight excluding hydrogens is 240 g/mol. The number of hydrogen-bond donors (Lipinski definition) is 1. The lowest BCUT2D eigenvalue weighted by molar-refractivity contribution is -0.124. The van der Waals surface area contributed by atoms with Crippen molar-refractivity contribution in [3.05, 3.63) is 21.9 Å². The number of amides is 2. The predicted octanol–water partition coefficient (Wildman–Crippen LogP) is 1.12. The molecule has 92 valence electrons. The van der Waals surface area contributed by atoms with Gasteiger partial charge in [0.15, 0.2) is 0 Å². The van der Waals surface area contributed by atoms with Crippen molar-refractivity contribution < 1.29 is 14.3 Å². The molecule has 0 radical (unpaired) electrons. The molecular formula is C11H14N2O3S. The highest BCUT2D eigenvalue weighted by molar-refractivity contribution is 7.11. The fraction of sp³-hybridized carbons (Fsp3) is 0.455. The van der Waals surface area contributed by atoms with Crippen molar-refractivity contribution in [2.24, 2.45) is 0 Å². The maximum absolute atomic E-state index is 11.6. The molecule has 5 nitrogen and oxygen atoms in total. The van der Waals surface area contributed by atoms with Gasteiger partial charge in [0.2, 0.25) is 5.91 Å². The Bertz CT molecular complexity index is 444. The average molecular weight is 254 g/mol. The summed E-state index contributed by atoms with van der Waals surface area (Å²) < 4.78 is 4.91. The Kier molecular flexibility index (Phi) is 3.33. The van der Waals surface area contributed by atoms with E-state index in [1.807, 2.05) is 19.1 Å². The molecule has 1 aromatic rings. The fourth-order valence-corrected chi connectivity index (χ4v) is 2.64. The zero-order chi connectivity index (χ0) is 12.4. The first-order valence-electron chi connectivity index (χ1n) is 5.32. The molecule has 1 aliphatic rings. The van der Waals surface area contributed by atoms with Crippen LogP contribution in [-0.2, 0) is 16.1 Å². The Hall–Kier alpha value is -1.56. The third-order valence-corrected chi connectivity index (χ3v) is 3.63. The second-order valence-corrected chi connectivity index (χ2v) is 5.22. The molecule has 0 unspecified atom stereocenters. The molecule has 0 bridgehead atoms. The Morgan fingerprint density at radius 3 is 3.00 bits per heavy atom. The number of nitrogens with one attached hydrogen (secondary N) is 1. The normalized spacial score (nSPS) is 19.3. The Morgan fingerprint density at radius 2 is 2.41 bits per heavy atom. The van der Waals surface area contributed by atoms with Gasteiger partial charge in [0.25, 0.3) is 0 Å². The first-order valence-corrected chi connectivity index (χ1v) is 6.13. The number of thiophene rings is 1. The monoisotopic (exact) mass is 254 g/mol. The minimum atomic E-state index is -0.519. The van der Waals surface area contributed by atoms with Gasteiger partial charge in [-0.15, -0.1) is 11.3 Å². The number of ether oxygens (including phenoxy) is 1. The van der Waals surface area contributed by atoms with Gasteiger partial charge in [-0.05, 0) is 19.1 Å². The highest BCUT2D eigenvalue weighted by atomic mass is 32.1. The molecule has 1 fully saturated rings. The molecule has 0 aliphatic carbocycles. The van der Waals surface area contributed by atoms with Gasteiger partial charge in [-0.2, -0.15) is 0 Å². The highest BCUT2D eigenvalue weighted by Crippen LogP contribution is 2.21. The largest absolute Gasteiger partial charge is 0.447 e. The maximum Gasteiger partial charge on any atom is 0.410 e. The summed E-state index contributed by atoms with van der Waals surface area (Å²) >= 11 is 1.62. The van der Waals surface area contributed by atoms with Crippen LogP contribution >= 0.6 is 11.3 Å². The summed E-state index contributed by atoms with van der Waals surface area (Å²) in [6.07, 6.45) is -0.426. The summed E-state index contributed by atoms with van der Waals surface area (Å²) in [5, 5.41) is 2.54. The highest BCUT2D eigenvalue weighted by Gasteiger charge is 2.37. The van der Waals surface area contributed by atoms with Crippen LogP contribution in [0, 0.1) is 6.92 Å². The molecule has 6 heteroatoms. The van der Waals surface area contributed by atoms with E-state index in [0.29, 0.717) is 6.54 Å². The lowest BCUT2D eigenvalue weighted by atomic mass is 10.2. The van der Waals surface area contributed by atoms with E-state index in [2.05, 4.69) is 5.32 Å². The summed E-state index contributed by atoms with van der Waals surface area (Å²) in [6, 6.07) is 3.44. The second kappa shape index (κ2) is 4.75. The van der Waals surface area contributed by atoms with E-state index in [9.17, 15) is 9.59 Å². The van der Waals surface area contributed by atoms with Crippen LogP contribution in [0.25, 0.3) is 0 Å². The topological polar surface area (TPSA) is 58.6 Å². The van der Waals surface area contributed by atoms with Crippen LogP contribution in [0.4, 0.5) is 4.79 Å². The lowest BCUT2D eigenvalue weighted by Crippen LogP contribution is -2.44. The first kappa shape index (κ1) is 11.9. The Morgan fingerprint density at radius 1 is 1.65 bits per heavy atom. The van der Waals surface area contributed by atoms with E-state index in [1.165, 1.54) is 9.78 Å². The maximum atomic E-state index is 11.6. The number of cyclic esters (lactones) is 1. The van der Waals surface area contributed by atoms with Crippen molar-refractivity contribution in [3.8, 4) is 0 Å². The third kappa shape index (κ3) is 2.41. The third-order valence-electron chi connectivity index (χ3n) is 2.65. The average Bonchev–Trinajstić information content (AvgIpc) is 2.87. The number of hydrogen-bond acceptors (Lipinski definition) is 4. The molecule has 0 spiro atoms. The van der Waals surface area contributed by atoms with Crippen molar-refractivity contribution in [2.45, 2.75) is 19.5 Å². The molecule has 2 rings (SSSR count). The SMILES string of the molecule is CNC(=O)[C@@H]1COC(=O)N1Cc1ccc(C)s1. The van der Waals surface area contributed by atoms with Crippen LogP contribution in [0.2, 0.25) is 0 Å². The van der Waals surface area contributed by atoms with Crippen molar-refractivity contribution in [2.75, 3.05) is 13.7 Å². The predicted molar refractivity (Wildman–Crippen MR) is 63.8 cm³/mol. The zero-order valence-corrected chi connectivity index (χ0v) is 10.5. The fourth-order valence-electron chi connectivity index (χ4n) is 1.75. The Balaban J connectivity index is 2.11.